The van der Waals surface area contributed by atoms with Crippen LogP contribution in [0, 0.1) is 11.3 Å². The van der Waals surface area contributed by atoms with E-state index in [9.17, 15) is 9.59 Å². The molecule has 5 heteroatoms. The van der Waals surface area contributed by atoms with Gasteiger partial charge in [-0.15, -0.1) is 0 Å². The van der Waals surface area contributed by atoms with Gasteiger partial charge < -0.3 is 9.84 Å². The molecule has 0 aromatic heterocycles. The Kier molecular flexibility index (Phi) is 15.8. The van der Waals surface area contributed by atoms with Crippen LogP contribution in [0.4, 0.5) is 0 Å². The normalized spacial score (nSPS) is 8.28. The molecule has 0 fully saturated rings. The van der Waals surface area contributed by atoms with Crippen molar-refractivity contribution in [1.82, 2.24) is 0 Å². The smallest absolute Gasteiger partial charge is 0.337 e. The van der Waals surface area contributed by atoms with Crippen LogP contribution in [0.15, 0.2) is 86.5 Å². The maximum absolute atomic E-state index is 10.9. The summed E-state index contributed by atoms with van der Waals surface area (Å²) in [5.74, 6) is -1.52. The second-order valence-corrected chi connectivity index (χ2v) is 4.03. The van der Waals surface area contributed by atoms with Crippen molar-refractivity contribution in [2.24, 2.45) is 0 Å². The Bertz CT molecular complexity index is 652. The second-order valence-electron chi connectivity index (χ2n) is 4.03. The van der Waals surface area contributed by atoms with E-state index >= 15 is 0 Å². The van der Waals surface area contributed by atoms with Crippen molar-refractivity contribution >= 4 is 18.0 Å². The fourth-order valence-corrected chi connectivity index (χ4v) is 1.02. The van der Waals surface area contributed by atoms with Crippen LogP contribution in [0.2, 0.25) is 0 Å². The van der Waals surface area contributed by atoms with Crippen LogP contribution in [-0.2, 0) is 14.3 Å². The number of ether oxygens (including phenoxy) is 1. The molecule has 1 aromatic carbocycles. The lowest BCUT2D eigenvalue weighted by atomic mass is 10.2. The zero-order valence-corrected chi connectivity index (χ0v) is 13.9. The lowest BCUT2D eigenvalue weighted by molar-refractivity contribution is -0.137. The number of benzene rings is 1. The van der Waals surface area contributed by atoms with Crippen molar-refractivity contribution in [3.05, 3.63) is 92.1 Å². The van der Waals surface area contributed by atoms with Gasteiger partial charge in [-0.3, -0.25) is 0 Å². The van der Waals surface area contributed by atoms with E-state index in [-0.39, 0.29) is 12.2 Å². The van der Waals surface area contributed by atoms with Gasteiger partial charge in [0.1, 0.15) is 6.61 Å². The number of aliphatic carboxylic acids is 1. The summed E-state index contributed by atoms with van der Waals surface area (Å²) < 4.78 is 4.63. The lowest BCUT2D eigenvalue weighted by Crippen LogP contribution is -2.05. The Morgan fingerprint density at radius 2 is 1.76 bits per heavy atom. The molecule has 0 spiro atoms. The van der Waals surface area contributed by atoms with Gasteiger partial charge in [-0.2, -0.15) is 5.26 Å². The highest BCUT2D eigenvalue weighted by atomic mass is 16.5. The molecule has 5 nitrogen and oxygen atoms in total. The van der Waals surface area contributed by atoms with Crippen LogP contribution in [0.25, 0.3) is 6.08 Å². The van der Waals surface area contributed by atoms with E-state index in [1.807, 2.05) is 36.4 Å². The monoisotopic (exact) mass is 339 g/mol. The van der Waals surface area contributed by atoms with Gasteiger partial charge in [0, 0.05) is 12.2 Å². The van der Waals surface area contributed by atoms with Gasteiger partial charge in [-0.05, 0) is 11.6 Å². The Balaban J connectivity index is 0. The van der Waals surface area contributed by atoms with Gasteiger partial charge >= 0.3 is 11.9 Å². The van der Waals surface area contributed by atoms with E-state index in [1.54, 1.807) is 6.07 Å². The van der Waals surface area contributed by atoms with E-state index in [0.29, 0.717) is 0 Å². The fourth-order valence-electron chi connectivity index (χ4n) is 1.02. The predicted octanol–water partition coefficient (Wildman–Crippen LogP) is 3.94. The van der Waals surface area contributed by atoms with Crippen molar-refractivity contribution in [1.29, 1.82) is 5.26 Å². The highest BCUT2D eigenvalue weighted by Gasteiger charge is 2.02. The maximum Gasteiger partial charge on any atom is 0.337 e. The predicted molar refractivity (Wildman–Crippen MR) is 99.4 cm³/mol. The minimum absolute atomic E-state index is 0.151. The zero-order chi connectivity index (χ0) is 19.5. The maximum atomic E-state index is 10.9. The van der Waals surface area contributed by atoms with Crippen LogP contribution >= 0.6 is 0 Å². The Labute approximate surface area is 148 Å². The molecule has 1 aromatic rings. The highest BCUT2D eigenvalue weighted by molar-refractivity contribution is 5.90. The van der Waals surface area contributed by atoms with Crippen molar-refractivity contribution in [2.75, 3.05) is 6.61 Å². The van der Waals surface area contributed by atoms with Crippen molar-refractivity contribution < 1.29 is 19.4 Å². The summed E-state index contributed by atoms with van der Waals surface area (Å²) in [7, 11) is 0. The standard InChI is InChI=1S/C9H9NO2.C8H8.C3H4O2/c1-3-7-12-9(11)8(2)5-4-6-10;1-2-8-6-4-3-5-7-8;1-2-3(4)5/h3-5H,1-2,7H2;2-7H,1H2;2H,1H2,(H,4,5). The molecular formula is C20H21NO4. The minimum Gasteiger partial charge on any atom is -0.478 e. The molecular weight excluding hydrogens is 318 g/mol. The molecule has 25 heavy (non-hydrogen) atoms. The van der Waals surface area contributed by atoms with E-state index in [1.165, 1.54) is 17.7 Å². The SMILES string of the molecule is C=CC(=O)O.C=CCOC(=O)C(=C)C=CC#N.C=Cc1ccccc1. The molecule has 0 heterocycles. The Morgan fingerprint density at radius 1 is 1.20 bits per heavy atom. The number of esters is 1. The fraction of sp³-hybridized carbons (Fsp3) is 0.0500. The van der Waals surface area contributed by atoms with Gasteiger partial charge in [0.2, 0.25) is 0 Å². The third kappa shape index (κ3) is 16.5. The molecule has 0 aliphatic rings. The lowest BCUT2D eigenvalue weighted by Gasteiger charge is -1.98. The summed E-state index contributed by atoms with van der Waals surface area (Å²) >= 11 is 0. The van der Waals surface area contributed by atoms with Crippen molar-refractivity contribution in [2.45, 2.75) is 0 Å². The van der Waals surface area contributed by atoms with Crippen LogP contribution in [0.1, 0.15) is 5.56 Å². The Morgan fingerprint density at radius 3 is 2.12 bits per heavy atom. The van der Waals surface area contributed by atoms with Crippen LogP contribution in [0.3, 0.4) is 0 Å². The minimum atomic E-state index is -0.981. The van der Waals surface area contributed by atoms with E-state index < -0.39 is 11.9 Å². The first-order valence-electron chi connectivity index (χ1n) is 6.98. The van der Waals surface area contributed by atoms with Gasteiger partial charge in [-0.1, -0.05) is 68.8 Å². The molecule has 0 aliphatic heterocycles. The molecule has 130 valence electrons. The summed E-state index contributed by atoms with van der Waals surface area (Å²) in [6, 6.07) is 11.8. The number of allylic oxidation sites excluding steroid dienone is 1. The van der Waals surface area contributed by atoms with Gasteiger partial charge in [0.15, 0.2) is 0 Å². The highest BCUT2D eigenvalue weighted by Crippen LogP contribution is 1.97. The number of hydrogen-bond acceptors (Lipinski definition) is 4. The number of nitrogens with zero attached hydrogens (tertiary/aromatic N) is 1. The second kappa shape index (κ2) is 16.7. The van der Waals surface area contributed by atoms with E-state index in [4.69, 9.17) is 10.4 Å². The topological polar surface area (TPSA) is 87.4 Å². The third-order valence-corrected chi connectivity index (χ3v) is 2.16. The first-order valence-corrected chi connectivity index (χ1v) is 6.98. The van der Waals surface area contributed by atoms with Crippen LogP contribution < -0.4 is 0 Å². The van der Waals surface area contributed by atoms with E-state index in [0.717, 1.165) is 12.2 Å². The molecule has 0 bridgehead atoms. The largest absolute Gasteiger partial charge is 0.478 e. The zero-order valence-electron chi connectivity index (χ0n) is 13.9. The molecule has 0 aliphatic carbocycles. The molecule has 1 N–H and O–H groups in total. The number of carbonyl (C=O) groups excluding carboxylic acids is 1. The van der Waals surface area contributed by atoms with E-state index in [2.05, 4.69) is 31.1 Å². The summed E-state index contributed by atoms with van der Waals surface area (Å²) in [6.45, 7) is 13.5. The molecule has 0 atom stereocenters. The molecule has 0 saturated heterocycles. The number of carbonyl (C=O) groups is 2. The quantitative estimate of drug-likeness (QED) is 0.279. The van der Waals surface area contributed by atoms with Crippen molar-refractivity contribution in [3.8, 4) is 6.07 Å². The van der Waals surface area contributed by atoms with Gasteiger partial charge in [0.25, 0.3) is 0 Å². The molecule has 1 rings (SSSR count). The number of nitriles is 1. The average Bonchev–Trinajstić information content (AvgIpc) is 2.65. The van der Waals surface area contributed by atoms with Crippen LogP contribution in [0.5, 0.6) is 0 Å². The van der Waals surface area contributed by atoms with Crippen LogP contribution in [-0.4, -0.2) is 23.7 Å². The summed E-state index contributed by atoms with van der Waals surface area (Å²) in [5.41, 5.74) is 1.32. The van der Waals surface area contributed by atoms with Gasteiger partial charge in [-0.25, -0.2) is 9.59 Å². The number of rotatable bonds is 6. The first kappa shape index (κ1) is 23.6. The number of carboxylic acid groups (broad SMARTS) is 1. The van der Waals surface area contributed by atoms with Crippen molar-refractivity contribution in [3.63, 3.8) is 0 Å². The van der Waals surface area contributed by atoms with Gasteiger partial charge in [0.05, 0.1) is 11.6 Å². The summed E-state index contributed by atoms with van der Waals surface area (Å²) in [4.78, 5) is 20.1. The number of hydrogen-bond donors (Lipinski definition) is 1. The average molecular weight is 339 g/mol. The molecule has 0 amide bonds. The summed E-state index contributed by atoms with van der Waals surface area (Å²) in [6.07, 6.45) is 6.59. The third-order valence-electron chi connectivity index (χ3n) is 2.16. The molecule has 0 unspecified atom stereocenters. The molecule has 0 radical (unpaired) electrons. The first-order chi connectivity index (χ1) is 11.9. The molecule has 0 saturated carbocycles. The Hall–Kier alpha value is -3.65. The summed E-state index contributed by atoms with van der Waals surface area (Å²) in [5, 5.41) is 15.7. The number of carboxylic acids is 1.